The molecule has 0 spiro atoms. The summed E-state index contributed by atoms with van der Waals surface area (Å²) in [5.41, 5.74) is 0.790. The van der Waals surface area contributed by atoms with Crippen molar-refractivity contribution in [2.75, 3.05) is 29.9 Å². The van der Waals surface area contributed by atoms with Gasteiger partial charge in [-0.25, -0.2) is 13.2 Å². The standard InChI is InChI=1S/C21H20ClF3N2O3/c22-13-7-16(25)17(8-15(13)24)27-6-5-11(18(28)9-27)10-30-19-3-2-14(23)21-12(19)1-4-20(29)26-21/h2-3,7-8,11,18,28H,1,4-6,9-10H2,(H,26,29). The topological polar surface area (TPSA) is 61.8 Å². The molecule has 9 heteroatoms. The van der Waals surface area contributed by atoms with E-state index in [1.807, 2.05) is 0 Å². The fourth-order valence-corrected chi connectivity index (χ4v) is 4.05. The number of hydrogen-bond acceptors (Lipinski definition) is 4. The van der Waals surface area contributed by atoms with Crippen molar-refractivity contribution in [2.45, 2.75) is 25.4 Å². The predicted octanol–water partition coefficient (Wildman–Crippen LogP) is 3.91. The fraction of sp³-hybridized carbons (Fsp3) is 0.381. The van der Waals surface area contributed by atoms with Gasteiger partial charge < -0.3 is 20.1 Å². The molecule has 2 aromatic rings. The number of piperidine rings is 1. The molecule has 0 saturated carbocycles. The van der Waals surface area contributed by atoms with Gasteiger partial charge in [0.05, 0.1) is 29.1 Å². The van der Waals surface area contributed by atoms with Crippen LogP contribution in [0.1, 0.15) is 18.4 Å². The number of nitrogens with zero attached hydrogens (tertiary/aromatic N) is 1. The predicted molar refractivity (Wildman–Crippen MR) is 107 cm³/mol. The zero-order valence-corrected chi connectivity index (χ0v) is 16.7. The van der Waals surface area contributed by atoms with Crippen LogP contribution in [0.3, 0.4) is 0 Å². The number of anilines is 2. The summed E-state index contributed by atoms with van der Waals surface area (Å²) in [7, 11) is 0. The molecule has 1 fully saturated rings. The SMILES string of the molecule is O=C1CCc2c(OCC3CCN(c4cc(F)c(Cl)cc4F)CC3O)ccc(F)c2N1. The molecule has 2 aromatic carbocycles. The molecule has 1 saturated heterocycles. The van der Waals surface area contributed by atoms with Crippen LogP contribution in [0.2, 0.25) is 5.02 Å². The first kappa shape index (κ1) is 20.8. The average molecular weight is 441 g/mol. The Morgan fingerprint density at radius 1 is 1.17 bits per heavy atom. The molecule has 2 aliphatic heterocycles. The number of nitrogens with one attached hydrogen (secondary N) is 1. The van der Waals surface area contributed by atoms with E-state index in [0.717, 1.165) is 12.1 Å². The number of carbonyl (C=O) groups excluding carboxylic acids is 1. The largest absolute Gasteiger partial charge is 0.493 e. The maximum Gasteiger partial charge on any atom is 0.224 e. The van der Waals surface area contributed by atoms with Crippen LogP contribution in [0.4, 0.5) is 24.5 Å². The Labute approximate surface area is 176 Å². The summed E-state index contributed by atoms with van der Waals surface area (Å²) in [5, 5.41) is 12.8. The third-order valence-electron chi connectivity index (χ3n) is 5.59. The van der Waals surface area contributed by atoms with Crippen LogP contribution in [0.5, 0.6) is 5.75 Å². The second kappa shape index (κ2) is 8.35. The van der Waals surface area contributed by atoms with Gasteiger partial charge in [0.2, 0.25) is 5.91 Å². The lowest BCUT2D eigenvalue weighted by atomic mass is 9.94. The molecular weight excluding hydrogens is 421 g/mol. The van der Waals surface area contributed by atoms with Crippen molar-refractivity contribution in [1.29, 1.82) is 0 Å². The van der Waals surface area contributed by atoms with E-state index in [0.29, 0.717) is 30.7 Å². The smallest absolute Gasteiger partial charge is 0.224 e. The highest BCUT2D eigenvalue weighted by Gasteiger charge is 2.31. The van der Waals surface area contributed by atoms with Crippen molar-refractivity contribution in [2.24, 2.45) is 5.92 Å². The molecule has 2 unspecified atom stereocenters. The van der Waals surface area contributed by atoms with Crippen molar-refractivity contribution >= 4 is 28.9 Å². The second-order valence-corrected chi connectivity index (χ2v) is 7.95. The molecule has 5 nitrogen and oxygen atoms in total. The van der Waals surface area contributed by atoms with Gasteiger partial charge in [-0.3, -0.25) is 4.79 Å². The lowest BCUT2D eigenvalue weighted by Gasteiger charge is -2.37. The third-order valence-corrected chi connectivity index (χ3v) is 5.88. The summed E-state index contributed by atoms with van der Waals surface area (Å²) < 4.78 is 47.7. The quantitative estimate of drug-likeness (QED) is 0.708. The van der Waals surface area contributed by atoms with Gasteiger partial charge in [0, 0.05) is 37.1 Å². The van der Waals surface area contributed by atoms with Gasteiger partial charge in [-0.15, -0.1) is 0 Å². The second-order valence-electron chi connectivity index (χ2n) is 7.54. The summed E-state index contributed by atoms with van der Waals surface area (Å²) in [6.07, 6.45) is 0.284. The fourth-order valence-electron chi connectivity index (χ4n) is 3.90. The Bertz CT molecular complexity index is 988. The number of β-amino-alcohol motifs (C(OH)–C–C–N with tert-alkyl or cyclic N) is 1. The number of halogens is 4. The summed E-state index contributed by atoms with van der Waals surface area (Å²) in [6.45, 7) is 0.697. The van der Waals surface area contributed by atoms with Gasteiger partial charge in [0.1, 0.15) is 23.2 Å². The molecule has 2 aliphatic rings. The number of carbonyl (C=O) groups is 1. The minimum Gasteiger partial charge on any atom is -0.493 e. The van der Waals surface area contributed by atoms with E-state index >= 15 is 0 Å². The molecule has 30 heavy (non-hydrogen) atoms. The molecular formula is C21H20ClF3N2O3. The Kier molecular flexibility index (Phi) is 5.79. The van der Waals surface area contributed by atoms with Gasteiger partial charge in [-0.2, -0.15) is 0 Å². The van der Waals surface area contributed by atoms with Crippen LogP contribution < -0.4 is 15.0 Å². The van der Waals surface area contributed by atoms with Crippen LogP contribution in [-0.4, -0.2) is 36.8 Å². The molecule has 1 amide bonds. The van der Waals surface area contributed by atoms with Crippen molar-refractivity contribution in [1.82, 2.24) is 0 Å². The summed E-state index contributed by atoms with van der Waals surface area (Å²) in [4.78, 5) is 13.1. The summed E-state index contributed by atoms with van der Waals surface area (Å²) >= 11 is 5.60. The summed E-state index contributed by atoms with van der Waals surface area (Å²) in [5.74, 6) is -1.90. The van der Waals surface area contributed by atoms with E-state index < -0.39 is 23.6 Å². The third kappa shape index (κ3) is 4.06. The van der Waals surface area contributed by atoms with E-state index in [1.54, 1.807) is 4.90 Å². The summed E-state index contributed by atoms with van der Waals surface area (Å²) in [6, 6.07) is 4.69. The van der Waals surface area contributed by atoms with Crippen LogP contribution in [0, 0.1) is 23.4 Å². The Morgan fingerprint density at radius 2 is 1.97 bits per heavy atom. The monoisotopic (exact) mass is 440 g/mol. The van der Waals surface area contributed by atoms with Gasteiger partial charge in [-0.1, -0.05) is 11.6 Å². The Balaban J connectivity index is 1.42. The molecule has 0 radical (unpaired) electrons. The first-order chi connectivity index (χ1) is 14.3. The van der Waals surface area contributed by atoms with Gasteiger partial charge in [-0.05, 0) is 31.0 Å². The van der Waals surface area contributed by atoms with Crippen LogP contribution in [-0.2, 0) is 11.2 Å². The number of aliphatic hydroxyl groups is 1. The highest BCUT2D eigenvalue weighted by Crippen LogP contribution is 2.35. The highest BCUT2D eigenvalue weighted by molar-refractivity contribution is 6.30. The molecule has 2 atom stereocenters. The lowest BCUT2D eigenvalue weighted by molar-refractivity contribution is -0.116. The zero-order chi connectivity index (χ0) is 21.4. The van der Waals surface area contributed by atoms with Crippen LogP contribution in [0.15, 0.2) is 24.3 Å². The van der Waals surface area contributed by atoms with Gasteiger partial charge in [0.15, 0.2) is 0 Å². The Morgan fingerprint density at radius 3 is 2.73 bits per heavy atom. The molecule has 2 N–H and O–H groups in total. The van der Waals surface area contributed by atoms with Crippen molar-refractivity contribution in [3.05, 3.63) is 52.3 Å². The maximum absolute atomic E-state index is 14.2. The van der Waals surface area contributed by atoms with E-state index in [4.69, 9.17) is 16.3 Å². The molecule has 0 aromatic heterocycles. The normalized spacial score (nSPS) is 21.2. The van der Waals surface area contributed by atoms with Crippen molar-refractivity contribution in [3.8, 4) is 5.75 Å². The van der Waals surface area contributed by atoms with Gasteiger partial charge >= 0.3 is 0 Å². The van der Waals surface area contributed by atoms with Crippen molar-refractivity contribution in [3.63, 3.8) is 0 Å². The number of benzene rings is 2. The zero-order valence-electron chi connectivity index (χ0n) is 15.9. The lowest BCUT2D eigenvalue weighted by Crippen LogP contribution is -2.46. The van der Waals surface area contributed by atoms with Crippen LogP contribution >= 0.6 is 11.6 Å². The number of amides is 1. The number of hydrogen-bond donors (Lipinski definition) is 2. The Hall–Kier alpha value is -2.45. The van der Waals surface area contributed by atoms with E-state index in [2.05, 4.69) is 5.32 Å². The minimum absolute atomic E-state index is 0.0543. The van der Waals surface area contributed by atoms with E-state index in [-0.39, 0.29) is 47.8 Å². The molecule has 160 valence electrons. The maximum atomic E-state index is 14.2. The van der Waals surface area contributed by atoms with Crippen molar-refractivity contribution < 1.29 is 27.8 Å². The molecule has 4 rings (SSSR count). The number of ether oxygens (including phenoxy) is 1. The molecule has 2 heterocycles. The minimum atomic E-state index is -0.826. The van der Waals surface area contributed by atoms with E-state index in [1.165, 1.54) is 12.1 Å². The van der Waals surface area contributed by atoms with Gasteiger partial charge in [0.25, 0.3) is 0 Å². The number of rotatable bonds is 4. The molecule has 0 bridgehead atoms. The average Bonchev–Trinajstić information content (AvgIpc) is 2.71. The van der Waals surface area contributed by atoms with E-state index in [9.17, 15) is 23.1 Å². The van der Waals surface area contributed by atoms with Crippen LogP contribution in [0.25, 0.3) is 0 Å². The first-order valence-electron chi connectivity index (χ1n) is 9.65. The number of aliphatic hydroxyl groups excluding tert-OH is 1. The first-order valence-corrected chi connectivity index (χ1v) is 10.0. The number of fused-ring (bicyclic) bond motifs is 1. The highest BCUT2D eigenvalue weighted by atomic mass is 35.5. The molecule has 0 aliphatic carbocycles.